The van der Waals surface area contributed by atoms with E-state index in [4.69, 9.17) is 4.74 Å². The van der Waals surface area contributed by atoms with Crippen molar-refractivity contribution in [2.45, 2.75) is 44.3 Å². The third-order valence-corrected chi connectivity index (χ3v) is 5.04. The number of amides is 1. The van der Waals surface area contributed by atoms with E-state index in [0.717, 1.165) is 18.4 Å². The number of nitrogens with zero attached hydrogens (tertiary/aromatic N) is 3. The van der Waals surface area contributed by atoms with Crippen LogP contribution in [0.25, 0.3) is 11.4 Å². The predicted molar refractivity (Wildman–Crippen MR) is 92.1 cm³/mol. The number of alkyl halides is 4. The maximum Gasteiger partial charge on any atom is 0.471 e. The van der Waals surface area contributed by atoms with E-state index in [2.05, 4.69) is 14.7 Å². The van der Waals surface area contributed by atoms with Gasteiger partial charge in [0.1, 0.15) is 6.17 Å². The number of hydrogen-bond donors (Lipinski definition) is 0. The first-order chi connectivity index (χ1) is 13.8. The molecule has 2 heterocycles. The number of halogens is 4. The van der Waals surface area contributed by atoms with Gasteiger partial charge in [-0.15, -0.1) is 0 Å². The van der Waals surface area contributed by atoms with Gasteiger partial charge in [-0.05, 0) is 24.8 Å². The molecule has 10 heteroatoms. The molecular weight excluding hydrogens is 394 g/mol. The van der Waals surface area contributed by atoms with Gasteiger partial charge in [0.05, 0.1) is 12.0 Å². The summed E-state index contributed by atoms with van der Waals surface area (Å²) in [6, 6.07) is 6.47. The molecule has 1 aliphatic heterocycles. The smallest absolute Gasteiger partial charge is 0.376 e. The Morgan fingerprint density at radius 1 is 1.24 bits per heavy atom. The van der Waals surface area contributed by atoms with Crippen molar-refractivity contribution in [3.63, 3.8) is 0 Å². The monoisotopic (exact) mass is 413 g/mol. The minimum Gasteiger partial charge on any atom is -0.376 e. The molecule has 1 saturated heterocycles. The second kappa shape index (κ2) is 7.74. The fourth-order valence-electron chi connectivity index (χ4n) is 3.36. The van der Waals surface area contributed by atoms with Gasteiger partial charge in [-0.2, -0.15) is 18.2 Å². The Morgan fingerprint density at radius 3 is 2.52 bits per heavy atom. The molecule has 2 aliphatic rings. The molecule has 29 heavy (non-hydrogen) atoms. The molecule has 1 aromatic carbocycles. The summed E-state index contributed by atoms with van der Waals surface area (Å²) in [5.41, 5.74) is 1.12. The Balaban J connectivity index is 1.46. The molecule has 0 bridgehead atoms. The number of hydrogen-bond acceptors (Lipinski definition) is 5. The molecule has 3 unspecified atom stereocenters. The Hall–Kier alpha value is -2.49. The first-order valence-electron chi connectivity index (χ1n) is 9.36. The highest BCUT2D eigenvalue weighted by Crippen LogP contribution is 2.36. The van der Waals surface area contributed by atoms with Gasteiger partial charge in [-0.1, -0.05) is 29.4 Å². The minimum atomic E-state index is -4.70. The summed E-state index contributed by atoms with van der Waals surface area (Å²) in [6.45, 7) is 1.31. The predicted octanol–water partition coefficient (Wildman–Crippen LogP) is 3.62. The van der Waals surface area contributed by atoms with Crippen LogP contribution in [0.2, 0.25) is 0 Å². The molecule has 0 spiro atoms. The van der Waals surface area contributed by atoms with Crippen LogP contribution >= 0.6 is 0 Å². The van der Waals surface area contributed by atoms with Gasteiger partial charge in [0.25, 0.3) is 0 Å². The van der Waals surface area contributed by atoms with Gasteiger partial charge in [0.15, 0.2) is 0 Å². The van der Waals surface area contributed by atoms with Crippen LogP contribution in [-0.2, 0) is 22.3 Å². The van der Waals surface area contributed by atoms with Crippen LogP contribution in [-0.4, -0.2) is 46.4 Å². The average Bonchev–Trinajstić information content (AvgIpc) is 3.09. The molecule has 1 saturated carbocycles. The fourth-order valence-corrected chi connectivity index (χ4v) is 3.36. The van der Waals surface area contributed by atoms with Crippen molar-refractivity contribution < 1.29 is 31.6 Å². The third-order valence-electron chi connectivity index (χ3n) is 5.04. The van der Waals surface area contributed by atoms with Gasteiger partial charge < -0.3 is 14.2 Å². The standard InChI is InChI=1S/C19H19F4N3O3/c20-15-8-14(15)17(27)26(10-13-2-1-7-28-13)9-11-3-5-12(6-4-11)16-24-18(29-25-16)19(21,22)23/h3-6,13-15H,1-2,7-10H2. The second-order valence-electron chi connectivity index (χ2n) is 7.33. The van der Waals surface area contributed by atoms with Crippen LogP contribution in [0.3, 0.4) is 0 Å². The van der Waals surface area contributed by atoms with Crippen LogP contribution in [0.15, 0.2) is 28.8 Å². The molecule has 0 radical (unpaired) electrons. The van der Waals surface area contributed by atoms with E-state index < -0.39 is 24.2 Å². The minimum absolute atomic E-state index is 0.0600. The quantitative estimate of drug-likeness (QED) is 0.677. The highest BCUT2D eigenvalue weighted by molar-refractivity contribution is 5.82. The number of carbonyl (C=O) groups is 1. The first kappa shape index (κ1) is 19.8. The zero-order valence-electron chi connectivity index (χ0n) is 15.4. The number of aromatic nitrogens is 2. The van der Waals surface area contributed by atoms with Gasteiger partial charge in [0.2, 0.25) is 11.7 Å². The van der Waals surface area contributed by atoms with Crippen molar-refractivity contribution in [1.82, 2.24) is 15.0 Å². The summed E-state index contributed by atoms with van der Waals surface area (Å²) in [5, 5.41) is 3.35. The molecule has 0 N–H and O–H groups in total. The third kappa shape index (κ3) is 4.58. The summed E-state index contributed by atoms with van der Waals surface area (Å²) in [7, 11) is 0. The Bertz CT molecular complexity index is 862. The molecule has 2 fully saturated rings. The van der Waals surface area contributed by atoms with Gasteiger partial charge in [-0.3, -0.25) is 4.79 Å². The zero-order chi connectivity index (χ0) is 20.6. The summed E-state index contributed by atoms with van der Waals surface area (Å²) >= 11 is 0. The lowest BCUT2D eigenvalue weighted by Crippen LogP contribution is -2.38. The Labute approximate surface area is 163 Å². The van der Waals surface area contributed by atoms with E-state index in [1.807, 2.05) is 0 Å². The highest BCUT2D eigenvalue weighted by atomic mass is 19.4. The van der Waals surface area contributed by atoms with E-state index in [1.54, 1.807) is 29.2 Å². The number of rotatable bonds is 6. The van der Waals surface area contributed by atoms with Gasteiger partial charge in [0, 0.05) is 25.3 Å². The van der Waals surface area contributed by atoms with Crippen molar-refractivity contribution in [2.24, 2.45) is 5.92 Å². The molecule has 156 valence electrons. The van der Waals surface area contributed by atoms with Crippen molar-refractivity contribution in [3.05, 3.63) is 35.7 Å². The Morgan fingerprint density at radius 2 is 1.97 bits per heavy atom. The van der Waals surface area contributed by atoms with Crippen LogP contribution in [0.4, 0.5) is 17.6 Å². The fraction of sp³-hybridized carbons (Fsp3) is 0.526. The van der Waals surface area contributed by atoms with E-state index in [9.17, 15) is 22.4 Å². The van der Waals surface area contributed by atoms with Crippen molar-refractivity contribution in [1.29, 1.82) is 0 Å². The molecule has 3 atom stereocenters. The van der Waals surface area contributed by atoms with Gasteiger partial charge in [-0.25, -0.2) is 4.39 Å². The normalized spacial score (nSPS) is 23.9. The largest absolute Gasteiger partial charge is 0.471 e. The lowest BCUT2D eigenvalue weighted by Gasteiger charge is -2.25. The summed E-state index contributed by atoms with van der Waals surface area (Å²) in [6.07, 6.45) is -3.81. The lowest BCUT2D eigenvalue weighted by atomic mass is 10.1. The topological polar surface area (TPSA) is 68.5 Å². The zero-order valence-corrected chi connectivity index (χ0v) is 15.4. The van der Waals surface area contributed by atoms with Crippen molar-refractivity contribution in [2.75, 3.05) is 13.2 Å². The van der Waals surface area contributed by atoms with Crippen molar-refractivity contribution in [3.8, 4) is 11.4 Å². The number of benzene rings is 1. The SMILES string of the molecule is O=C(C1CC1F)N(Cc1ccc(-c2noc(C(F)(F)F)n2)cc1)CC1CCCO1. The summed E-state index contributed by atoms with van der Waals surface area (Å²) in [4.78, 5) is 17.5. The summed E-state index contributed by atoms with van der Waals surface area (Å²) < 4.78 is 61.0. The van der Waals surface area contributed by atoms with Crippen LogP contribution in [0.1, 0.15) is 30.7 Å². The molecule has 1 aliphatic carbocycles. The molecule has 6 nitrogen and oxygen atoms in total. The van der Waals surface area contributed by atoms with Crippen molar-refractivity contribution >= 4 is 5.91 Å². The number of ether oxygens (including phenoxy) is 1. The van der Waals surface area contributed by atoms with E-state index >= 15 is 0 Å². The van der Waals surface area contributed by atoms with Gasteiger partial charge >= 0.3 is 12.1 Å². The molecular formula is C19H19F4N3O3. The molecule has 4 rings (SSSR count). The molecule has 1 aromatic heterocycles. The maximum atomic E-state index is 13.4. The van der Waals surface area contributed by atoms with E-state index in [-0.39, 0.29) is 30.8 Å². The number of carbonyl (C=O) groups excluding carboxylic acids is 1. The Kier molecular flexibility index (Phi) is 5.28. The lowest BCUT2D eigenvalue weighted by molar-refractivity contribution is -0.159. The summed E-state index contributed by atoms with van der Waals surface area (Å²) in [5.74, 6) is -2.40. The maximum absolute atomic E-state index is 13.4. The second-order valence-corrected chi connectivity index (χ2v) is 7.33. The first-order valence-corrected chi connectivity index (χ1v) is 9.36. The molecule has 1 amide bonds. The van der Waals surface area contributed by atoms with E-state index in [1.165, 1.54) is 0 Å². The molecule has 2 aromatic rings. The van der Waals surface area contributed by atoms with Crippen LogP contribution < -0.4 is 0 Å². The van der Waals surface area contributed by atoms with Crippen LogP contribution in [0, 0.1) is 5.92 Å². The van der Waals surface area contributed by atoms with Crippen LogP contribution in [0.5, 0.6) is 0 Å². The highest BCUT2D eigenvalue weighted by Gasteiger charge is 2.46. The average molecular weight is 413 g/mol. The van der Waals surface area contributed by atoms with E-state index in [0.29, 0.717) is 18.7 Å².